The third-order valence-electron chi connectivity index (χ3n) is 1.59. The summed E-state index contributed by atoms with van der Waals surface area (Å²) < 4.78 is 0.883. The maximum Gasteiger partial charge on any atom is 0.119 e. The molecule has 0 heterocycles. The topological polar surface area (TPSA) is 46.2 Å². The molecule has 0 aliphatic rings. The number of aromatic hydroxyl groups is 1. The summed E-state index contributed by atoms with van der Waals surface area (Å²) in [6, 6.07) is 5.54. The van der Waals surface area contributed by atoms with E-state index in [1.54, 1.807) is 6.07 Å². The standard InChI is InChI=1S/C9H12BrNO/c1-6(11)4-7-2-3-8(10)5-9(7)12/h2-3,5-6,12H,4,11H2,1H3/t6-/m1/s1. The highest BCUT2D eigenvalue weighted by atomic mass is 79.9. The van der Waals surface area contributed by atoms with Gasteiger partial charge in [0.15, 0.2) is 0 Å². The van der Waals surface area contributed by atoms with Gasteiger partial charge in [0.1, 0.15) is 5.75 Å². The van der Waals surface area contributed by atoms with Crippen molar-refractivity contribution in [3.05, 3.63) is 28.2 Å². The molecule has 0 saturated carbocycles. The van der Waals surface area contributed by atoms with E-state index in [1.165, 1.54) is 0 Å². The lowest BCUT2D eigenvalue weighted by molar-refractivity contribution is 0.465. The highest BCUT2D eigenvalue weighted by molar-refractivity contribution is 9.10. The first-order chi connectivity index (χ1) is 5.59. The van der Waals surface area contributed by atoms with Crippen molar-refractivity contribution < 1.29 is 5.11 Å². The van der Waals surface area contributed by atoms with Gasteiger partial charge >= 0.3 is 0 Å². The first kappa shape index (κ1) is 9.55. The number of benzene rings is 1. The SMILES string of the molecule is C[C@@H](N)Cc1ccc(Br)cc1O. The first-order valence-corrected chi connectivity index (χ1v) is 4.62. The van der Waals surface area contributed by atoms with Gasteiger partial charge in [-0.2, -0.15) is 0 Å². The zero-order valence-electron chi connectivity index (χ0n) is 6.92. The molecule has 0 fully saturated rings. The van der Waals surface area contributed by atoms with Gasteiger partial charge in [0.25, 0.3) is 0 Å². The van der Waals surface area contributed by atoms with E-state index in [0.29, 0.717) is 12.2 Å². The molecule has 0 bridgehead atoms. The van der Waals surface area contributed by atoms with Gasteiger partial charge in [-0.15, -0.1) is 0 Å². The minimum atomic E-state index is 0.0806. The summed E-state index contributed by atoms with van der Waals surface area (Å²) in [5.74, 6) is 0.307. The molecule has 1 aromatic carbocycles. The molecule has 0 aliphatic heterocycles. The first-order valence-electron chi connectivity index (χ1n) is 3.82. The molecule has 0 aliphatic carbocycles. The lowest BCUT2D eigenvalue weighted by atomic mass is 10.1. The van der Waals surface area contributed by atoms with Crippen LogP contribution in [0.15, 0.2) is 22.7 Å². The Balaban J connectivity index is 2.86. The predicted octanol–water partition coefficient (Wildman–Crippen LogP) is 2.04. The van der Waals surface area contributed by atoms with E-state index in [1.807, 2.05) is 19.1 Å². The maximum absolute atomic E-state index is 9.45. The molecule has 0 unspecified atom stereocenters. The Hall–Kier alpha value is -0.540. The Morgan fingerprint density at radius 2 is 2.25 bits per heavy atom. The molecular weight excluding hydrogens is 218 g/mol. The predicted molar refractivity (Wildman–Crippen MR) is 53.2 cm³/mol. The number of nitrogens with two attached hydrogens (primary N) is 1. The van der Waals surface area contributed by atoms with Crippen LogP contribution in [0.2, 0.25) is 0 Å². The number of hydrogen-bond acceptors (Lipinski definition) is 2. The molecule has 0 aromatic heterocycles. The minimum Gasteiger partial charge on any atom is -0.508 e. The summed E-state index contributed by atoms with van der Waals surface area (Å²) in [6.07, 6.45) is 0.707. The van der Waals surface area contributed by atoms with Crippen molar-refractivity contribution in [3.63, 3.8) is 0 Å². The van der Waals surface area contributed by atoms with Crippen LogP contribution in [0.25, 0.3) is 0 Å². The van der Waals surface area contributed by atoms with E-state index in [2.05, 4.69) is 15.9 Å². The number of phenolic OH excluding ortho intramolecular Hbond substituents is 1. The van der Waals surface area contributed by atoms with Crippen molar-refractivity contribution in [1.29, 1.82) is 0 Å². The fourth-order valence-electron chi connectivity index (χ4n) is 1.06. The van der Waals surface area contributed by atoms with Crippen LogP contribution in [0.5, 0.6) is 5.75 Å². The van der Waals surface area contributed by atoms with Crippen molar-refractivity contribution in [3.8, 4) is 5.75 Å². The molecule has 1 atom stereocenters. The van der Waals surface area contributed by atoms with E-state index in [9.17, 15) is 5.11 Å². The van der Waals surface area contributed by atoms with E-state index < -0.39 is 0 Å². The van der Waals surface area contributed by atoms with Crippen molar-refractivity contribution >= 4 is 15.9 Å². The summed E-state index contributed by atoms with van der Waals surface area (Å²) in [5, 5.41) is 9.45. The zero-order chi connectivity index (χ0) is 9.14. The Morgan fingerprint density at radius 3 is 2.75 bits per heavy atom. The Labute approximate surface area is 80.5 Å². The monoisotopic (exact) mass is 229 g/mol. The fraction of sp³-hybridized carbons (Fsp3) is 0.333. The average molecular weight is 230 g/mol. The molecule has 2 nitrogen and oxygen atoms in total. The highest BCUT2D eigenvalue weighted by Gasteiger charge is 2.03. The third kappa shape index (κ3) is 2.50. The summed E-state index contributed by atoms with van der Waals surface area (Å²) in [6.45, 7) is 1.92. The molecule has 3 N–H and O–H groups in total. The summed E-state index contributed by atoms with van der Waals surface area (Å²) >= 11 is 3.27. The molecule has 3 heteroatoms. The van der Waals surface area contributed by atoms with Gasteiger partial charge in [-0.1, -0.05) is 22.0 Å². The summed E-state index contributed by atoms with van der Waals surface area (Å²) in [4.78, 5) is 0. The highest BCUT2D eigenvalue weighted by Crippen LogP contribution is 2.22. The van der Waals surface area contributed by atoms with Crippen LogP contribution < -0.4 is 5.73 Å². The summed E-state index contributed by atoms with van der Waals surface area (Å²) in [5.41, 5.74) is 6.51. The lowest BCUT2D eigenvalue weighted by Gasteiger charge is -2.07. The van der Waals surface area contributed by atoms with Gasteiger partial charge < -0.3 is 10.8 Å². The molecular formula is C9H12BrNO. The minimum absolute atomic E-state index is 0.0806. The van der Waals surface area contributed by atoms with E-state index in [-0.39, 0.29) is 6.04 Å². The number of phenols is 1. The Kier molecular flexibility index (Phi) is 3.12. The Morgan fingerprint density at radius 1 is 1.58 bits per heavy atom. The quantitative estimate of drug-likeness (QED) is 0.816. The number of halogens is 1. The van der Waals surface area contributed by atoms with Crippen LogP contribution in [-0.2, 0) is 6.42 Å². The van der Waals surface area contributed by atoms with Crippen LogP contribution in [0.3, 0.4) is 0 Å². The van der Waals surface area contributed by atoms with Crippen molar-refractivity contribution in [2.45, 2.75) is 19.4 Å². The van der Waals surface area contributed by atoms with Crippen LogP contribution in [0.1, 0.15) is 12.5 Å². The second-order valence-corrected chi connectivity index (χ2v) is 3.87. The van der Waals surface area contributed by atoms with Crippen LogP contribution >= 0.6 is 15.9 Å². The molecule has 0 saturated heterocycles. The maximum atomic E-state index is 9.45. The third-order valence-corrected chi connectivity index (χ3v) is 2.08. The molecule has 1 rings (SSSR count). The molecule has 0 spiro atoms. The van der Waals surface area contributed by atoms with Gasteiger partial charge in [0.2, 0.25) is 0 Å². The van der Waals surface area contributed by atoms with Crippen LogP contribution in [0.4, 0.5) is 0 Å². The second-order valence-electron chi connectivity index (χ2n) is 2.95. The summed E-state index contributed by atoms with van der Waals surface area (Å²) in [7, 11) is 0. The van der Waals surface area contributed by atoms with E-state index in [0.717, 1.165) is 10.0 Å². The smallest absolute Gasteiger partial charge is 0.119 e. The largest absolute Gasteiger partial charge is 0.508 e. The molecule has 0 amide bonds. The zero-order valence-corrected chi connectivity index (χ0v) is 8.51. The van der Waals surface area contributed by atoms with Crippen molar-refractivity contribution in [2.24, 2.45) is 5.73 Å². The van der Waals surface area contributed by atoms with Gasteiger partial charge in [-0.3, -0.25) is 0 Å². The lowest BCUT2D eigenvalue weighted by Crippen LogP contribution is -2.17. The van der Waals surface area contributed by atoms with Gasteiger partial charge in [0.05, 0.1) is 0 Å². The molecule has 12 heavy (non-hydrogen) atoms. The van der Waals surface area contributed by atoms with Crippen molar-refractivity contribution in [2.75, 3.05) is 0 Å². The van der Waals surface area contributed by atoms with E-state index in [4.69, 9.17) is 5.73 Å². The molecule has 66 valence electrons. The number of hydrogen-bond donors (Lipinski definition) is 2. The average Bonchev–Trinajstić information content (AvgIpc) is 1.94. The molecule has 0 radical (unpaired) electrons. The van der Waals surface area contributed by atoms with Gasteiger partial charge in [0, 0.05) is 10.5 Å². The van der Waals surface area contributed by atoms with Crippen molar-refractivity contribution in [1.82, 2.24) is 0 Å². The Bertz CT molecular complexity index is 273. The normalized spacial score (nSPS) is 12.9. The number of rotatable bonds is 2. The van der Waals surface area contributed by atoms with Crippen LogP contribution in [-0.4, -0.2) is 11.1 Å². The van der Waals surface area contributed by atoms with Gasteiger partial charge in [-0.05, 0) is 31.0 Å². The van der Waals surface area contributed by atoms with E-state index >= 15 is 0 Å². The van der Waals surface area contributed by atoms with Gasteiger partial charge in [-0.25, -0.2) is 0 Å². The van der Waals surface area contributed by atoms with Crippen LogP contribution in [0, 0.1) is 0 Å². The fourth-order valence-corrected chi connectivity index (χ4v) is 1.41. The molecule has 1 aromatic rings. The second kappa shape index (κ2) is 3.92.